The van der Waals surface area contributed by atoms with Gasteiger partial charge in [0.05, 0.1) is 15.4 Å². The molecule has 0 N–H and O–H groups in total. The fraction of sp³-hybridized carbons (Fsp3) is 0.500. The summed E-state index contributed by atoms with van der Waals surface area (Å²) in [6, 6.07) is 6.95. The Labute approximate surface area is 121 Å². The van der Waals surface area contributed by atoms with E-state index in [9.17, 15) is 8.42 Å². The quantitative estimate of drug-likeness (QED) is 0.855. The lowest BCUT2D eigenvalue weighted by atomic mass is 10.0. The third kappa shape index (κ3) is 2.54. The molecule has 110 valence electrons. The summed E-state index contributed by atoms with van der Waals surface area (Å²) in [6.45, 7) is 9.50. The van der Waals surface area contributed by atoms with Crippen LogP contribution in [0.1, 0.15) is 39.7 Å². The number of benzene rings is 1. The molecular formula is C16H22O3S. The molecule has 0 radical (unpaired) electrons. The standard InChI is InChI=1S/C16H22O3S/c1-6-16(5)14(11-15(3,4)19-16)20(17,18)13-9-7-12(2)8-10-13/h7-11H,6H2,1-5H3. The highest BCUT2D eigenvalue weighted by Gasteiger charge is 2.47. The lowest BCUT2D eigenvalue weighted by molar-refractivity contribution is -0.0623. The van der Waals surface area contributed by atoms with Gasteiger partial charge in [-0.25, -0.2) is 8.42 Å². The van der Waals surface area contributed by atoms with E-state index in [-0.39, 0.29) is 0 Å². The zero-order valence-corrected chi connectivity index (χ0v) is 13.5. The van der Waals surface area contributed by atoms with Crippen LogP contribution >= 0.6 is 0 Å². The fourth-order valence-corrected chi connectivity index (χ4v) is 4.52. The molecule has 1 aliphatic heterocycles. The average Bonchev–Trinajstić information content (AvgIpc) is 2.61. The maximum atomic E-state index is 12.9. The van der Waals surface area contributed by atoms with Gasteiger partial charge in [0.2, 0.25) is 9.84 Å². The minimum absolute atomic E-state index is 0.329. The van der Waals surface area contributed by atoms with Crippen LogP contribution in [0.5, 0.6) is 0 Å². The van der Waals surface area contributed by atoms with E-state index < -0.39 is 21.0 Å². The first kappa shape index (κ1) is 15.3. The summed E-state index contributed by atoms with van der Waals surface area (Å²) in [6.07, 6.45) is 2.36. The van der Waals surface area contributed by atoms with Gasteiger partial charge in [0.1, 0.15) is 5.60 Å². The molecule has 0 saturated carbocycles. The zero-order chi connectivity index (χ0) is 15.2. The Morgan fingerprint density at radius 3 is 2.15 bits per heavy atom. The van der Waals surface area contributed by atoms with Crippen LogP contribution in [-0.2, 0) is 14.6 Å². The molecule has 1 heterocycles. The van der Waals surface area contributed by atoms with Crippen LogP contribution in [0.15, 0.2) is 40.1 Å². The Hall–Kier alpha value is -1.13. The van der Waals surface area contributed by atoms with E-state index in [0.717, 1.165) is 5.56 Å². The highest BCUT2D eigenvalue weighted by Crippen LogP contribution is 2.43. The molecule has 1 aliphatic rings. The molecule has 1 unspecified atom stereocenters. The maximum absolute atomic E-state index is 12.9. The molecule has 0 aromatic heterocycles. The number of sulfone groups is 1. The minimum Gasteiger partial charge on any atom is -0.360 e. The third-order valence-electron chi connectivity index (χ3n) is 3.78. The topological polar surface area (TPSA) is 43.4 Å². The monoisotopic (exact) mass is 294 g/mol. The number of hydrogen-bond acceptors (Lipinski definition) is 3. The van der Waals surface area contributed by atoms with Gasteiger partial charge in [-0.3, -0.25) is 0 Å². The Balaban J connectivity index is 2.56. The molecule has 4 heteroatoms. The number of rotatable bonds is 3. The van der Waals surface area contributed by atoms with Crippen LogP contribution < -0.4 is 0 Å². The van der Waals surface area contributed by atoms with Gasteiger partial charge in [0.15, 0.2) is 0 Å². The van der Waals surface area contributed by atoms with Gasteiger partial charge < -0.3 is 4.74 Å². The molecule has 3 nitrogen and oxygen atoms in total. The van der Waals surface area contributed by atoms with Gasteiger partial charge in [-0.1, -0.05) is 24.6 Å². The summed E-state index contributed by atoms with van der Waals surface area (Å²) in [7, 11) is -3.51. The Morgan fingerprint density at radius 1 is 1.10 bits per heavy atom. The van der Waals surface area contributed by atoms with Gasteiger partial charge in [0, 0.05) is 0 Å². The summed E-state index contributed by atoms with van der Waals surface area (Å²) in [5.41, 5.74) is -0.273. The largest absolute Gasteiger partial charge is 0.360 e. The number of aryl methyl sites for hydroxylation is 1. The molecule has 0 fully saturated rings. The smallest absolute Gasteiger partial charge is 0.205 e. The van der Waals surface area contributed by atoms with E-state index in [2.05, 4.69) is 0 Å². The van der Waals surface area contributed by atoms with E-state index in [1.165, 1.54) is 0 Å². The summed E-state index contributed by atoms with van der Waals surface area (Å²) in [5.74, 6) is 0. The van der Waals surface area contributed by atoms with E-state index >= 15 is 0 Å². The second kappa shape index (κ2) is 4.71. The van der Waals surface area contributed by atoms with Crippen molar-refractivity contribution in [1.29, 1.82) is 0 Å². The Morgan fingerprint density at radius 2 is 1.65 bits per heavy atom. The van der Waals surface area contributed by atoms with E-state index in [0.29, 0.717) is 16.2 Å². The SMILES string of the molecule is CCC1(C)OC(C)(C)C=C1S(=O)(=O)c1ccc(C)cc1. The predicted molar refractivity (Wildman–Crippen MR) is 80.3 cm³/mol. The van der Waals surface area contributed by atoms with Crippen LogP contribution in [0, 0.1) is 6.92 Å². The van der Waals surface area contributed by atoms with E-state index in [1.54, 1.807) is 18.2 Å². The lowest BCUT2D eigenvalue weighted by Gasteiger charge is -2.29. The average molecular weight is 294 g/mol. The summed E-state index contributed by atoms with van der Waals surface area (Å²) >= 11 is 0. The first-order valence-electron chi connectivity index (χ1n) is 6.86. The van der Waals surface area contributed by atoms with Crippen molar-refractivity contribution in [3.05, 3.63) is 40.8 Å². The summed E-state index contributed by atoms with van der Waals surface area (Å²) < 4.78 is 31.7. The number of hydrogen-bond donors (Lipinski definition) is 0. The van der Waals surface area contributed by atoms with Crippen molar-refractivity contribution in [2.45, 2.75) is 57.1 Å². The molecule has 0 bridgehead atoms. The lowest BCUT2D eigenvalue weighted by Crippen LogP contribution is -2.33. The molecule has 0 aliphatic carbocycles. The summed E-state index contributed by atoms with van der Waals surface area (Å²) in [4.78, 5) is 0.705. The van der Waals surface area contributed by atoms with Gasteiger partial charge in [0.25, 0.3) is 0 Å². The van der Waals surface area contributed by atoms with Crippen molar-refractivity contribution in [1.82, 2.24) is 0 Å². The predicted octanol–water partition coefficient (Wildman–Crippen LogP) is 3.63. The maximum Gasteiger partial charge on any atom is 0.205 e. The second-order valence-corrected chi connectivity index (χ2v) is 8.03. The fourth-order valence-electron chi connectivity index (χ4n) is 2.58. The van der Waals surface area contributed by atoms with Crippen molar-refractivity contribution in [3.8, 4) is 0 Å². The third-order valence-corrected chi connectivity index (χ3v) is 5.81. The van der Waals surface area contributed by atoms with Crippen LogP contribution in [0.3, 0.4) is 0 Å². The van der Waals surface area contributed by atoms with E-state index in [1.807, 2.05) is 46.8 Å². The molecule has 0 spiro atoms. The first-order valence-corrected chi connectivity index (χ1v) is 8.34. The van der Waals surface area contributed by atoms with Gasteiger partial charge in [-0.2, -0.15) is 0 Å². The second-order valence-electron chi connectivity index (χ2n) is 6.11. The molecular weight excluding hydrogens is 272 g/mol. The number of ether oxygens (including phenoxy) is 1. The molecule has 0 amide bonds. The van der Waals surface area contributed by atoms with Crippen molar-refractivity contribution < 1.29 is 13.2 Å². The van der Waals surface area contributed by atoms with Crippen LogP contribution in [0.4, 0.5) is 0 Å². The highest BCUT2D eigenvalue weighted by molar-refractivity contribution is 7.95. The normalized spacial score (nSPS) is 25.6. The Bertz CT molecular complexity index is 639. The van der Waals surface area contributed by atoms with Crippen LogP contribution in [-0.4, -0.2) is 19.6 Å². The van der Waals surface area contributed by atoms with Crippen molar-refractivity contribution in [2.75, 3.05) is 0 Å². The van der Waals surface area contributed by atoms with Crippen LogP contribution in [0.25, 0.3) is 0 Å². The van der Waals surface area contributed by atoms with Gasteiger partial charge in [-0.05, 0) is 52.3 Å². The molecule has 0 saturated heterocycles. The van der Waals surface area contributed by atoms with Gasteiger partial charge in [-0.15, -0.1) is 0 Å². The minimum atomic E-state index is -3.51. The Kier molecular flexibility index (Phi) is 3.59. The summed E-state index contributed by atoms with van der Waals surface area (Å²) in [5, 5.41) is 0. The molecule has 20 heavy (non-hydrogen) atoms. The zero-order valence-electron chi connectivity index (χ0n) is 12.7. The molecule has 1 aromatic rings. The molecule has 1 atom stereocenters. The van der Waals surface area contributed by atoms with Crippen molar-refractivity contribution in [2.24, 2.45) is 0 Å². The van der Waals surface area contributed by atoms with Crippen molar-refractivity contribution in [3.63, 3.8) is 0 Å². The van der Waals surface area contributed by atoms with Crippen LogP contribution in [0.2, 0.25) is 0 Å². The molecule has 1 aromatic carbocycles. The first-order chi connectivity index (χ1) is 9.11. The molecule has 2 rings (SSSR count). The highest BCUT2D eigenvalue weighted by atomic mass is 32.2. The van der Waals surface area contributed by atoms with E-state index in [4.69, 9.17) is 4.74 Å². The van der Waals surface area contributed by atoms with Crippen molar-refractivity contribution >= 4 is 9.84 Å². The van der Waals surface area contributed by atoms with Gasteiger partial charge >= 0.3 is 0 Å².